The molecule has 2 fully saturated rings. The molecule has 0 saturated carbocycles. The van der Waals surface area contributed by atoms with Crippen LogP contribution in [0, 0.1) is 5.41 Å². The van der Waals surface area contributed by atoms with E-state index in [0.29, 0.717) is 13.1 Å². The summed E-state index contributed by atoms with van der Waals surface area (Å²) in [6, 6.07) is 0.0817. The fourth-order valence-electron chi connectivity index (χ4n) is 2.73. The molecular formula is C11H19FN2O2. The Balaban J connectivity index is 2.03. The van der Waals surface area contributed by atoms with Crippen molar-refractivity contribution in [3.63, 3.8) is 0 Å². The van der Waals surface area contributed by atoms with E-state index in [0.717, 1.165) is 13.0 Å². The molecule has 0 aliphatic carbocycles. The summed E-state index contributed by atoms with van der Waals surface area (Å²) >= 11 is 0. The number of aliphatic carboxylic acids is 1. The molecule has 0 aromatic rings. The largest absolute Gasteiger partial charge is 0.481 e. The van der Waals surface area contributed by atoms with Crippen molar-refractivity contribution in [2.24, 2.45) is 5.41 Å². The van der Waals surface area contributed by atoms with E-state index in [2.05, 4.69) is 5.32 Å². The maximum atomic E-state index is 13.7. The second-order valence-electron chi connectivity index (χ2n) is 5.47. The van der Waals surface area contributed by atoms with E-state index in [-0.39, 0.29) is 12.1 Å². The van der Waals surface area contributed by atoms with Crippen LogP contribution < -0.4 is 5.32 Å². The smallest absolute Gasteiger partial charge is 0.310 e. The summed E-state index contributed by atoms with van der Waals surface area (Å²) in [5.74, 6) is -0.822. The Labute approximate surface area is 94.8 Å². The first-order chi connectivity index (χ1) is 7.42. The molecule has 0 aromatic carbocycles. The zero-order valence-electron chi connectivity index (χ0n) is 9.74. The van der Waals surface area contributed by atoms with Crippen molar-refractivity contribution in [3.05, 3.63) is 0 Å². The average Bonchev–Trinajstić information content (AvgIpc) is 2.71. The SMILES string of the molecule is CC(C)(CN1CCC2NCC(F)C21)C(=O)O. The van der Waals surface area contributed by atoms with Gasteiger partial charge in [-0.3, -0.25) is 9.69 Å². The molecule has 0 amide bonds. The molecule has 2 aliphatic heterocycles. The van der Waals surface area contributed by atoms with E-state index >= 15 is 0 Å². The summed E-state index contributed by atoms with van der Waals surface area (Å²) in [7, 11) is 0. The third-order valence-electron chi connectivity index (χ3n) is 3.68. The number of carbonyl (C=O) groups is 1. The van der Waals surface area contributed by atoms with E-state index in [1.807, 2.05) is 4.90 Å². The third kappa shape index (κ3) is 1.94. The summed E-state index contributed by atoms with van der Waals surface area (Å²) in [5.41, 5.74) is -0.808. The third-order valence-corrected chi connectivity index (χ3v) is 3.68. The summed E-state index contributed by atoms with van der Waals surface area (Å²) in [6.07, 6.45) is 0.0536. The van der Waals surface area contributed by atoms with Gasteiger partial charge in [0, 0.05) is 25.7 Å². The van der Waals surface area contributed by atoms with Crippen molar-refractivity contribution >= 4 is 5.97 Å². The Morgan fingerprint density at radius 3 is 2.94 bits per heavy atom. The second kappa shape index (κ2) is 3.96. The molecule has 2 heterocycles. The number of likely N-dealkylation sites (tertiary alicyclic amines) is 1. The van der Waals surface area contributed by atoms with Gasteiger partial charge in [0.25, 0.3) is 0 Å². The van der Waals surface area contributed by atoms with Gasteiger partial charge in [0.05, 0.1) is 11.5 Å². The van der Waals surface area contributed by atoms with E-state index in [1.165, 1.54) is 0 Å². The average molecular weight is 230 g/mol. The normalized spacial score (nSPS) is 35.3. The first kappa shape index (κ1) is 11.8. The second-order valence-corrected chi connectivity index (χ2v) is 5.47. The van der Waals surface area contributed by atoms with Crippen molar-refractivity contribution in [2.75, 3.05) is 19.6 Å². The molecule has 0 radical (unpaired) electrons. The first-order valence-corrected chi connectivity index (χ1v) is 5.77. The number of nitrogens with one attached hydrogen (secondary N) is 1. The fraction of sp³-hybridized carbons (Fsp3) is 0.909. The van der Waals surface area contributed by atoms with Crippen molar-refractivity contribution in [1.29, 1.82) is 0 Å². The van der Waals surface area contributed by atoms with Gasteiger partial charge in [0.2, 0.25) is 0 Å². The maximum absolute atomic E-state index is 13.7. The van der Waals surface area contributed by atoms with Crippen LogP contribution in [0.4, 0.5) is 4.39 Å². The highest BCUT2D eigenvalue weighted by molar-refractivity contribution is 5.73. The molecule has 2 aliphatic rings. The molecule has 5 heteroatoms. The molecule has 3 atom stereocenters. The molecule has 2 rings (SSSR count). The van der Waals surface area contributed by atoms with Gasteiger partial charge in [-0.15, -0.1) is 0 Å². The summed E-state index contributed by atoms with van der Waals surface area (Å²) in [4.78, 5) is 13.0. The van der Waals surface area contributed by atoms with Crippen LogP contribution in [0.3, 0.4) is 0 Å². The Hall–Kier alpha value is -0.680. The first-order valence-electron chi connectivity index (χ1n) is 5.77. The predicted octanol–water partition coefficient (Wildman–Crippen LogP) is 0.481. The highest BCUT2D eigenvalue weighted by atomic mass is 19.1. The molecule has 4 nitrogen and oxygen atoms in total. The maximum Gasteiger partial charge on any atom is 0.310 e. The van der Waals surface area contributed by atoms with Gasteiger partial charge in [-0.25, -0.2) is 4.39 Å². The number of carboxylic acids is 1. The Kier molecular flexibility index (Phi) is 2.92. The number of alkyl halides is 1. The lowest BCUT2D eigenvalue weighted by Gasteiger charge is -2.31. The number of carboxylic acid groups (broad SMARTS) is 1. The topological polar surface area (TPSA) is 52.6 Å². The van der Waals surface area contributed by atoms with Gasteiger partial charge >= 0.3 is 5.97 Å². The predicted molar refractivity (Wildman–Crippen MR) is 58.1 cm³/mol. The van der Waals surface area contributed by atoms with Gasteiger partial charge in [0.1, 0.15) is 6.17 Å². The lowest BCUT2D eigenvalue weighted by molar-refractivity contribution is -0.148. The molecule has 92 valence electrons. The van der Waals surface area contributed by atoms with Gasteiger partial charge in [0.15, 0.2) is 0 Å². The Morgan fingerprint density at radius 2 is 2.31 bits per heavy atom. The van der Waals surface area contributed by atoms with E-state index in [1.54, 1.807) is 13.8 Å². The zero-order chi connectivity index (χ0) is 11.9. The van der Waals surface area contributed by atoms with Gasteiger partial charge in [-0.1, -0.05) is 0 Å². The number of hydrogen-bond donors (Lipinski definition) is 2. The van der Waals surface area contributed by atoms with E-state index in [9.17, 15) is 9.18 Å². The monoisotopic (exact) mass is 230 g/mol. The molecule has 3 unspecified atom stereocenters. The number of fused-ring (bicyclic) bond motifs is 1. The van der Waals surface area contributed by atoms with Crippen LogP contribution in [0.5, 0.6) is 0 Å². The van der Waals surface area contributed by atoms with Crippen LogP contribution in [0.25, 0.3) is 0 Å². The number of nitrogens with zero attached hydrogens (tertiary/aromatic N) is 1. The summed E-state index contributed by atoms with van der Waals surface area (Å²) in [6.45, 7) is 5.00. The minimum absolute atomic E-state index is 0.126. The minimum atomic E-state index is -0.864. The van der Waals surface area contributed by atoms with E-state index < -0.39 is 17.6 Å². The number of halogens is 1. The summed E-state index contributed by atoms with van der Waals surface area (Å²) < 4.78 is 13.7. The van der Waals surface area contributed by atoms with Crippen LogP contribution in [0.2, 0.25) is 0 Å². The van der Waals surface area contributed by atoms with Crippen LogP contribution in [-0.4, -0.2) is 53.9 Å². The number of hydrogen-bond acceptors (Lipinski definition) is 3. The van der Waals surface area contributed by atoms with E-state index in [4.69, 9.17) is 5.11 Å². The lowest BCUT2D eigenvalue weighted by Crippen LogP contribution is -2.46. The van der Waals surface area contributed by atoms with Gasteiger partial charge in [-0.05, 0) is 20.3 Å². The summed E-state index contributed by atoms with van der Waals surface area (Å²) in [5, 5.41) is 12.2. The van der Waals surface area contributed by atoms with Crippen molar-refractivity contribution in [1.82, 2.24) is 10.2 Å². The van der Waals surface area contributed by atoms with Crippen LogP contribution in [0.1, 0.15) is 20.3 Å². The molecule has 16 heavy (non-hydrogen) atoms. The Bertz CT molecular complexity index is 296. The molecule has 0 bridgehead atoms. The molecule has 2 saturated heterocycles. The minimum Gasteiger partial charge on any atom is -0.481 e. The van der Waals surface area contributed by atoms with Gasteiger partial charge < -0.3 is 10.4 Å². The highest BCUT2D eigenvalue weighted by Crippen LogP contribution is 2.30. The standard InChI is InChI=1S/C11H19FN2O2/c1-11(2,10(15)16)6-14-4-3-8-9(14)7(12)5-13-8/h7-9,13H,3-6H2,1-2H3,(H,15,16). The van der Waals surface area contributed by atoms with Crippen molar-refractivity contribution in [2.45, 2.75) is 38.5 Å². The quantitative estimate of drug-likeness (QED) is 0.740. The van der Waals surface area contributed by atoms with Crippen LogP contribution in [0.15, 0.2) is 0 Å². The number of rotatable bonds is 3. The van der Waals surface area contributed by atoms with Crippen LogP contribution in [-0.2, 0) is 4.79 Å². The zero-order valence-corrected chi connectivity index (χ0v) is 9.74. The van der Waals surface area contributed by atoms with Crippen molar-refractivity contribution < 1.29 is 14.3 Å². The Morgan fingerprint density at radius 1 is 1.62 bits per heavy atom. The van der Waals surface area contributed by atoms with Gasteiger partial charge in [-0.2, -0.15) is 0 Å². The molecule has 0 aromatic heterocycles. The van der Waals surface area contributed by atoms with Crippen molar-refractivity contribution in [3.8, 4) is 0 Å². The lowest BCUT2D eigenvalue weighted by atomic mass is 9.92. The highest BCUT2D eigenvalue weighted by Gasteiger charge is 2.46. The molecule has 0 spiro atoms. The molecule has 2 N–H and O–H groups in total. The fourth-order valence-corrected chi connectivity index (χ4v) is 2.73. The molecular weight excluding hydrogens is 211 g/mol. The van der Waals surface area contributed by atoms with Crippen LogP contribution >= 0.6 is 0 Å².